The molecule has 0 saturated carbocycles. The average Bonchev–Trinajstić information content (AvgIpc) is 2.44. The van der Waals surface area contributed by atoms with Crippen molar-refractivity contribution >= 4 is 5.91 Å². The van der Waals surface area contributed by atoms with Crippen LogP contribution in [-0.2, 0) is 4.79 Å². The first-order valence-electron chi connectivity index (χ1n) is 7.30. The van der Waals surface area contributed by atoms with Gasteiger partial charge in [0.1, 0.15) is 5.75 Å². The van der Waals surface area contributed by atoms with Crippen LogP contribution in [0.5, 0.6) is 5.75 Å². The van der Waals surface area contributed by atoms with E-state index in [4.69, 9.17) is 10.00 Å². The minimum atomic E-state index is 0.00370. The molecule has 4 heteroatoms. The number of rotatable bonds is 7. The lowest BCUT2D eigenvalue weighted by molar-refractivity contribution is -0.130. The molecule has 1 amide bonds. The Kier molecular flexibility index (Phi) is 6.74. The second-order valence-corrected chi connectivity index (χ2v) is 5.52. The Bertz CT molecular complexity index is 518. The quantitative estimate of drug-likeness (QED) is 0.774. The van der Waals surface area contributed by atoms with Crippen molar-refractivity contribution in [2.75, 3.05) is 20.2 Å². The molecular formula is C17H24N2O2. The lowest BCUT2D eigenvalue weighted by atomic mass is 10.0. The molecule has 0 unspecified atom stereocenters. The molecule has 0 aliphatic carbocycles. The number of benzene rings is 1. The van der Waals surface area contributed by atoms with Crippen molar-refractivity contribution < 1.29 is 9.53 Å². The summed E-state index contributed by atoms with van der Waals surface area (Å²) in [5.41, 5.74) is 2.30. The average molecular weight is 288 g/mol. The van der Waals surface area contributed by atoms with Crippen LogP contribution < -0.4 is 4.74 Å². The van der Waals surface area contributed by atoms with E-state index in [0.717, 1.165) is 16.9 Å². The van der Waals surface area contributed by atoms with Crippen molar-refractivity contribution in [2.24, 2.45) is 0 Å². The molecule has 0 spiro atoms. The number of nitrogens with zero attached hydrogens (tertiary/aromatic N) is 2. The molecular weight excluding hydrogens is 264 g/mol. The Hall–Kier alpha value is -2.02. The van der Waals surface area contributed by atoms with E-state index in [1.54, 1.807) is 11.9 Å². The SMILES string of the molecule is Cc1ccc(C(C)C)c(OCCC(=O)N(C)CCC#N)c1. The molecule has 114 valence electrons. The first kappa shape index (κ1) is 17.0. The molecule has 0 N–H and O–H groups in total. The van der Waals surface area contributed by atoms with Gasteiger partial charge in [-0.05, 0) is 30.0 Å². The Morgan fingerprint density at radius 3 is 2.76 bits per heavy atom. The molecule has 0 radical (unpaired) electrons. The molecule has 21 heavy (non-hydrogen) atoms. The largest absolute Gasteiger partial charge is 0.493 e. The topological polar surface area (TPSA) is 53.3 Å². The summed E-state index contributed by atoms with van der Waals surface area (Å²) in [7, 11) is 1.71. The van der Waals surface area contributed by atoms with E-state index in [-0.39, 0.29) is 5.91 Å². The summed E-state index contributed by atoms with van der Waals surface area (Å²) in [6.07, 6.45) is 0.686. The van der Waals surface area contributed by atoms with Crippen molar-refractivity contribution in [1.82, 2.24) is 4.90 Å². The highest BCUT2D eigenvalue weighted by atomic mass is 16.5. The summed E-state index contributed by atoms with van der Waals surface area (Å²) in [4.78, 5) is 13.4. The molecule has 0 saturated heterocycles. The first-order chi connectivity index (χ1) is 9.95. The van der Waals surface area contributed by atoms with E-state index in [1.165, 1.54) is 0 Å². The van der Waals surface area contributed by atoms with Gasteiger partial charge in [0, 0.05) is 13.6 Å². The van der Waals surface area contributed by atoms with Gasteiger partial charge in [0.05, 0.1) is 25.5 Å². The highest BCUT2D eigenvalue weighted by Gasteiger charge is 2.11. The molecule has 0 bridgehead atoms. The van der Waals surface area contributed by atoms with Crippen molar-refractivity contribution in [3.63, 3.8) is 0 Å². The number of carbonyl (C=O) groups excluding carboxylic acids is 1. The minimum Gasteiger partial charge on any atom is -0.493 e. The summed E-state index contributed by atoms with van der Waals surface area (Å²) < 4.78 is 5.79. The molecule has 0 aliphatic rings. The van der Waals surface area contributed by atoms with Crippen LogP contribution in [0.3, 0.4) is 0 Å². The Balaban J connectivity index is 2.54. The molecule has 1 aromatic carbocycles. The zero-order valence-corrected chi connectivity index (χ0v) is 13.3. The maximum Gasteiger partial charge on any atom is 0.225 e. The molecule has 1 aromatic rings. The molecule has 4 nitrogen and oxygen atoms in total. The zero-order chi connectivity index (χ0) is 15.8. The zero-order valence-electron chi connectivity index (χ0n) is 13.3. The summed E-state index contributed by atoms with van der Waals surface area (Å²) in [5, 5.41) is 8.52. The number of hydrogen-bond donors (Lipinski definition) is 0. The first-order valence-corrected chi connectivity index (χ1v) is 7.30. The van der Waals surface area contributed by atoms with Crippen LogP contribution in [0.15, 0.2) is 18.2 Å². The monoisotopic (exact) mass is 288 g/mol. The van der Waals surface area contributed by atoms with E-state index in [9.17, 15) is 4.79 Å². The molecule has 0 aromatic heterocycles. The predicted molar refractivity (Wildman–Crippen MR) is 83.2 cm³/mol. The Labute approximate surface area is 127 Å². The highest BCUT2D eigenvalue weighted by molar-refractivity contribution is 5.76. The second-order valence-electron chi connectivity index (χ2n) is 5.52. The van der Waals surface area contributed by atoms with Crippen LogP contribution in [0, 0.1) is 18.3 Å². The summed E-state index contributed by atoms with van der Waals surface area (Å²) in [6, 6.07) is 8.20. The number of carbonyl (C=O) groups is 1. The Morgan fingerprint density at radius 2 is 2.14 bits per heavy atom. The molecule has 1 rings (SSSR count). The van der Waals surface area contributed by atoms with Crippen LogP contribution in [0.1, 0.15) is 43.7 Å². The van der Waals surface area contributed by atoms with Gasteiger partial charge in [0.2, 0.25) is 5.91 Å². The second kappa shape index (κ2) is 8.31. The maximum absolute atomic E-state index is 11.9. The lowest BCUT2D eigenvalue weighted by Gasteiger charge is -2.17. The van der Waals surface area contributed by atoms with Crippen LogP contribution in [0.25, 0.3) is 0 Å². The molecule has 0 fully saturated rings. The van der Waals surface area contributed by atoms with Gasteiger partial charge in [-0.15, -0.1) is 0 Å². The van der Waals surface area contributed by atoms with Crippen molar-refractivity contribution in [1.29, 1.82) is 5.26 Å². The van der Waals surface area contributed by atoms with E-state index in [1.807, 2.05) is 19.1 Å². The van der Waals surface area contributed by atoms with Crippen molar-refractivity contribution in [3.8, 4) is 11.8 Å². The number of aryl methyl sites for hydroxylation is 1. The number of amides is 1. The van der Waals surface area contributed by atoms with Crippen LogP contribution in [-0.4, -0.2) is 31.0 Å². The number of nitriles is 1. The summed E-state index contributed by atoms with van der Waals surface area (Å²) in [5.74, 6) is 1.25. The number of hydrogen-bond acceptors (Lipinski definition) is 3. The van der Waals surface area contributed by atoms with Gasteiger partial charge in [-0.3, -0.25) is 4.79 Å². The van der Waals surface area contributed by atoms with Crippen LogP contribution >= 0.6 is 0 Å². The van der Waals surface area contributed by atoms with Crippen molar-refractivity contribution in [2.45, 2.75) is 39.5 Å². The van der Waals surface area contributed by atoms with E-state index < -0.39 is 0 Å². The third-order valence-electron chi connectivity index (χ3n) is 3.35. The molecule has 0 atom stereocenters. The van der Waals surface area contributed by atoms with Crippen LogP contribution in [0.4, 0.5) is 0 Å². The summed E-state index contributed by atoms with van der Waals surface area (Å²) in [6.45, 7) is 7.10. The van der Waals surface area contributed by atoms with Gasteiger partial charge in [-0.25, -0.2) is 0 Å². The normalized spacial score (nSPS) is 10.3. The highest BCUT2D eigenvalue weighted by Crippen LogP contribution is 2.27. The number of ether oxygens (including phenoxy) is 1. The standard InChI is InChI=1S/C17H24N2O2/c1-13(2)15-7-6-14(3)12-16(15)21-11-8-17(20)19(4)10-5-9-18/h6-7,12-13H,5,8,10-11H2,1-4H3. The van der Waals surface area contributed by atoms with Crippen LogP contribution in [0.2, 0.25) is 0 Å². The van der Waals surface area contributed by atoms with Gasteiger partial charge >= 0.3 is 0 Å². The predicted octanol–water partition coefficient (Wildman–Crippen LogP) is 3.26. The fourth-order valence-electron chi connectivity index (χ4n) is 2.03. The summed E-state index contributed by atoms with van der Waals surface area (Å²) >= 11 is 0. The van der Waals surface area contributed by atoms with E-state index in [2.05, 4.69) is 26.0 Å². The third-order valence-corrected chi connectivity index (χ3v) is 3.35. The lowest BCUT2D eigenvalue weighted by Crippen LogP contribution is -2.28. The fourth-order valence-corrected chi connectivity index (χ4v) is 2.03. The fraction of sp³-hybridized carbons (Fsp3) is 0.529. The van der Waals surface area contributed by atoms with Gasteiger partial charge in [-0.2, -0.15) is 5.26 Å². The van der Waals surface area contributed by atoms with Crippen molar-refractivity contribution in [3.05, 3.63) is 29.3 Å². The third kappa shape index (κ3) is 5.47. The van der Waals surface area contributed by atoms with E-state index in [0.29, 0.717) is 31.9 Å². The smallest absolute Gasteiger partial charge is 0.225 e. The Morgan fingerprint density at radius 1 is 1.43 bits per heavy atom. The van der Waals surface area contributed by atoms with Gasteiger partial charge < -0.3 is 9.64 Å². The maximum atomic E-state index is 11.9. The van der Waals surface area contributed by atoms with Gasteiger partial charge in [-0.1, -0.05) is 26.0 Å². The van der Waals surface area contributed by atoms with E-state index >= 15 is 0 Å². The molecule has 0 aliphatic heterocycles. The minimum absolute atomic E-state index is 0.00370. The van der Waals surface area contributed by atoms with Gasteiger partial charge in [0.15, 0.2) is 0 Å². The molecule has 0 heterocycles. The van der Waals surface area contributed by atoms with Gasteiger partial charge in [0.25, 0.3) is 0 Å².